The van der Waals surface area contributed by atoms with E-state index in [1.165, 1.54) is 6.42 Å². The van der Waals surface area contributed by atoms with Crippen molar-refractivity contribution in [2.45, 2.75) is 32.6 Å². The molecule has 0 atom stereocenters. The van der Waals surface area contributed by atoms with Crippen molar-refractivity contribution in [2.24, 2.45) is 0 Å². The molecule has 22 heavy (non-hydrogen) atoms. The second-order valence-electron chi connectivity index (χ2n) is 5.67. The molecule has 0 aliphatic heterocycles. The number of aromatic nitrogens is 1. The Morgan fingerprint density at radius 2 is 2.14 bits per heavy atom. The van der Waals surface area contributed by atoms with Crippen LogP contribution in [-0.4, -0.2) is 10.9 Å². The smallest absolute Gasteiger partial charge is 0.251 e. The van der Waals surface area contributed by atoms with Gasteiger partial charge in [0.05, 0.1) is 5.69 Å². The SMILES string of the molecule is Cc1ccc(NC(=O)C2=CCCCC2)cc1-c1ccccn1.[HH]. The molecule has 0 unspecified atom stereocenters. The van der Waals surface area contributed by atoms with Crippen LogP contribution in [-0.2, 0) is 4.79 Å². The van der Waals surface area contributed by atoms with E-state index in [1.807, 2.05) is 36.4 Å². The minimum atomic E-state index is 0. The van der Waals surface area contributed by atoms with Crippen LogP contribution in [0.2, 0.25) is 0 Å². The van der Waals surface area contributed by atoms with Crippen LogP contribution in [0.1, 0.15) is 32.7 Å². The molecular weight excluding hydrogens is 272 g/mol. The second-order valence-corrected chi connectivity index (χ2v) is 5.67. The van der Waals surface area contributed by atoms with Gasteiger partial charge in [0.15, 0.2) is 0 Å². The fourth-order valence-corrected chi connectivity index (χ4v) is 2.75. The van der Waals surface area contributed by atoms with Gasteiger partial charge in [-0.2, -0.15) is 0 Å². The van der Waals surface area contributed by atoms with E-state index >= 15 is 0 Å². The van der Waals surface area contributed by atoms with Gasteiger partial charge in [0, 0.05) is 24.4 Å². The predicted molar refractivity (Wildman–Crippen MR) is 91.7 cm³/mol. The standard InChI is InChI=1S/C19H20N2O.H2/c1-14-10-11-16(13-17(14)18-9-5-6-12-20-18)21-19(22)15-7-3-2-4-8-15;/h5-7,9-13H,2-4,8H2,1H3,(H,21,22);1H. The maximum atomic E-state index is 12.3. The number of carbonyl (C=O) groups excluding carboxylic acids is 1. The van der Waals surface area contributed by atoms with E-state index in [1.54, 1.807) is 6.20 Å². The van der Waals surface area contributed by atoms with Crippen LogP contribution in [0.25, 0.3) is 11.3 Å². The van der Waals surface area contributed by atoms with Crippen molar-refractivity contribution in [3.8, 4) is 11.3 Å². The minimum Gasteiger partial charge on any atom is -0.322 e. The van der Waals surface area contributed by atoms with Gasteiger partial charge in [0.25, 0.3) is 5.91 Å². The molecule has 1 aromatic heterocycles. The van der Waals surface area contributed by atoms with Crippen molar-refractivity contribution in [3.63, 3.8) is 0 Å². The van der Waals surface area contributed by atoms with Crippen molar-refractivity contribution >= 4 is 11.6 Å². The Labute approximate surface area is 132 Å². The van der Waals surface area contributed by atoms with E-state index in [0.717, 1.165) is 47.3 Å². The number of nitrogens with one attached hydrogen (secondary N) is 1. The van der Waals surface area contributed by atoms with Crippen LogP contribution in [0, 0.1) is 6.92 Å². The van der Waals surface area contributed by atoms with Crippen LogP contribution in [0.4, 0.5) is 5.69 Å². The summed E-state index contributed by atoms with van der Waals surface area (Å²) in [6.07, 6.45) is 8.03. The molecule has 1 N–H and O–H groups in total. The Hall–Kier alpha value is -2.42. The molecule has 1 aromatic carbocycles. The van der Waals surface area contributed by atoms with Crippen LogP contribution in [0.3, 0.4) is 0 Å². The van der Waals surface area contributed by atoms with Crippen molar-refractivity contribution in [1.29, 1.82) is 0 Å². The fourth-order valence-electron chi connectivity index (χ4n) is 2.75. The number of benzene rings is 1. The number of hydrogen-bond donors (Lipinski definition) is 1. The molecule has 0 fully saturated rings. The first-order valence-electron chi connectivity index (χ1n) is 7.76. The number of anilines is 1. The highest BCUT2D eigenvalue weighted by molar-refractivity contribution is 6.04. The van der Waals surface area contributed by atoms with Crippen molar-refractivity contribution < 1.29 is 6.22 Å². The Morgan fingerprint density at radius 1 is 1.23 bits per heavy atom. The molecule has 2 aromatic rings. The first-order valence-corrected chi connectivity index (χ1v) is 7.76. The quantitative estimate of drug-likeness (QED) is 0.888. The third kappa shape index (κ3) is 3.25. The lowest BCUT2D eigenvalue weighted by Crippen LogP contribution is -2.16. The average molecular weight is 294 g/mol. The molecule has 3 heteroatoms. The van der Waals surface area contributed by atoms with Gasteiger partial charge >= 0.3 is 0 Å². The average Bonchev–Trinajstić information content (AvgIpc) is 2.58. The number of aryl methyl sites for hydroxylation is 1. The van der Waals surface area contributed by atoms with Gasteiger partial charge in [-0.1, -0.05) is 18.2 Å². The largest absolute Gasteiger partial charge is 0.322 e. The lowest BCUT2D eigenvalue weighted by Gasteiger charge is -2.14. The summed E-state index contributed by atoms with van der Waals surface area (Å²) in [5, 5.41) is 3.01. The van der Waals surface area contributed by atoms with Crippen LogP contribution in [0.15, 0.2) is 54.2 Å². The summed E-state index contributed by atoms with van der Waals surface area (Å²) in [5.74, 6) is 0.0236. The van der Waals surface area contributed by atoms with Crippen molar-refractivity contribution in [3.05, 3.63) is 59.8 Å². The van der Waals surface area contributed by atoms with Gasteiger partial charge in [-0.15, -0.1) is 0 Å². The lowest BCUT2D eigenvalue weighted by molar-refractivity contribution is -0.113. The molecular formula is C19H22N2O. The Bertz CT molecular complexity index is 711. The maximum absolute atomic E-state index is 12.3. The summed E-state index contributed by atoms with van der Waals surface area (Å²) in [6.45, 7) is 2.05. The number of pyridine rings is 1. The zero-order valence-corrected chi connectivity index (χ0v) is 12.8. The molecule has 1 heterocycles. The van der Waals surface area contributed by atoms with Crippen LogP contribution >= 0.6 is 0 Å². The molecule has 0 saturated heterocycles. The zero-order valence-electron chi connectivity index (χ0n) is 12.8. The number of amides is 1. The van der Waals surface area contributed by atoms with Crippen molar-refractivity contribution in [1.82, 2.24) is 4.98 Å². The molecule has 1 aliphatic rings. The summed E-state index contributed by atoms with van der Waals surface area (Å²) in [4.78, 5) is 16.7. The van der Waals surface area contributed by atoms with Gasteiger partial charge in [-0.05, 0) is 62.4 Å². The van der Waals surface area contributed by atoms with E-state index in [4.69, 9.17) is 0 Å². The Balaban J connectivity index is 0.00000192. The Kier molecular flexibility index (Phi) is 4.33. The molecule has 1 amide bonds. The minimum absolute atomic E-state index is 0. The monoisotopic (exact) mass is 294 g/mol. The summed E-state index contributed by atoms with van der Waals surface area (Å²) < 4.78 is 0. The first-order chi connectivity index (χ1) is 10.7. The highest BCUT2D eigenvalue weighted by Gasteiger charge is 2.13. The first kappa shape index (κ1) is 14.5. The van der Waals surface area contributed by atoms with Gasteiger partial charge < -0.3 is 5.32 Å². The summed E-state index contributed by atoms with van der Waals surface area (Å²) in [6, 6.07) is 11.8. The Morgan fingerprint density at radius 3 is 2.86 bits per heavy atom. The number of hydrogen-bond acceptors (Lipinski definition) is 2. The van der Waals surface area contributed by atoms with E-state index in [9.17, 15) is 4.79 Å². The number of nitrogens with zero attached hydrogens (tertiary/aromatic N) is 1. The summed E-state index contributed by atoms with van der Waals surface area (Å²) >= 11 is 0. The zero-order chi connectivity index (χ0) is 15.4. The van der Waals surface area contributed by atoms with Gasteiger partial charge in [0.2, 0.25) is 0 Å². The molecule has 3 rings (SSSR count). The molecule has 1 aliphatic carbocycles. The highest BCUT2D eigenvalue weighted by Crippen LogP contribution is 2.26. The number of rotatable bonds is 3. The number of carbonyl (C=O) groups is 1. The third-order valence-corrected chi connectivity index (χ3v) is 4.02. The van der Waals surface area contributed by atoms with E-state index in [2.05, 4.69) is 23.3 Å². The molecule has 0 bridgehead atoms. The van der Waals surface area contributed by atoms with Crippen LogP contribution in [0.5, 0.6) is 0 Å². The third-order valence-electron chi connectivity index (χ3n) is 4.02. The molecule has 0 radical (unpaired) electrons. The highest BCUT2D eigenvalue weighted by atomic mass is 16.1. The normalized spacial score (nSPS) is 14.3. The fraction of sp³-hybridized carbons (Fsp3) is 0.263. The van der Waals surface area contributed by atoms with Gasteiger partial charge in [0.1, 0.15) is 0 Å². The summed E-state index contributed by atoms with van der Waals surface area (Å²) in [5.41, 5.74) is 4.85. The molecule has 3 nitrogen and oxygen atoms in total. The number of allylic oxidation sites excluding steroid dienone is 1. The van der Waals surface area contributed by atoms with Gasteiger partial charge in [-0.3, -0.25) is 9.78 Å². The topological polar surface area (TPSA) is 42.0 Å². The molecule has 114 valence electrons. The second kappa shape index (κ2) is 6.56. The van der Waals surface area contributed by atoms with E-state index < -0.39 is 0 Å². The van der Waals surface area contributed by atoms with E-state index in [-0.39, 0.29) is 7.33 Å². The molecule has 0 spiro atoms. The van der Waals surface area contributed by atoms with Crippen molar-refractivity contribution in [2.75, 3.05) is 5.32 Å². The predicted octanol–water partition coefficient (Wildman–Crippen LogP) is 4.74. The van der Waals surface area contributed by atoms with E-state index in [0.29, 0.717) is 0 Å². The van der Waals surface area contributed by atoms with Gasteiger partial charge in [-0.25, -0.2) is 0 Å². The maximum Gasteiger partial charge on any atom is 0.251 e. The summed E-state index contributed by atoms with van der Waals surface area (Å²) in [7, 11) is 0. The molecule has 0 saturated carbocycles. The lowest BCUT2D eigenvalue weighted by atomic mass is 9.99. The van der Waals surface area contributed by atoms with Crippen LogP contribution < -0.4 is 5.32 Å².